The van der Waals surface area contributed by atoms with Gasteiger partial charge in [0.05, 0.1) is 19.6 Å². The Balaban J connectivity index is 2.80. The molecule has 5 nitrogen and oxygen atoms in total. The highest BCUT2D eigenvalue weighted by molar-refractivity contribution is 6.04. The van der Waals surface area contributed by atoms with Crippen LogP contribution in [0.2, 0.25) is 0 Å². The van der Waals surface area contributed by atoms with Crippen molar-refractivity contribution in [3.63, 3.8) is 0 Å². The van der Waals surface area contributed by atoms with E-state index in [-0.39, 0.29) is 24.7 Å². The van der Waals surface area contributed by atoms with Crippen molar-refractivity contribution >= 4 is 17.7 Å². The zero-order valence-corrected chi connectivity index (χ0v) is 16.4. The third-order valence-electron chi connectivity index (χ3n) is 4.49. The average Bonchev–Trinajstić information content (AvgIpc) is 2.69. The quantitative estimate of drug-likeness (QED) is 0.257. The number of ketones is 1. The van der Waals surface area contributed by atoms with Crippen molar-refractivity contribution in [2.45, 2.75) is 58.3 Å². The molecule has 1 aliphatic rings. The maximum Gasteiger partial charge on any atom is 0.310 e. The normalized spacial score (nSPS) is 14.3. The number of hydrogen-bond acceptors (Lipinski definition) is 4. The second-order valence-corrected chi connectivity index (χ2v) is 6.56. The van der Waals surface area contributed by atoms with E-state index in [1.54, 1.807) is 6.08 Å². The van der Waals surface area contributed by atoms with E-state index in [9.17, 15) is 14.4 Å². The van der Waals surface area contributed by atoms with Gasteiger partial charge in [0.15, 0.2) is 5.78 Å². The van der Waals surface area contributed by atoms with E-state index in [1.165, 1.54) is 12.2 Å². The lowest BCUT2D eigenvalue weighted by Gasteiger charge is -2.19. The highest BCUT2D eigenvalue weighted by Gasteiger charge is 2.21. The van der Waals surface area contributed by atoms with E-state index in [0.29, 0.717) is 17.8 Å². The Morgan fingerprint density at radius 1 is 1.15 bits per heavy atom. The average molecular weight is 373 g/mol. The van der Waals surface area contributed by atoms with E-state index in [1.807, 2.05) is 6.92 Å². The summed E-state index contributed by atoms with van der Waals surface area (Å²) in [5, 5.41) is 2.65. The summed E-state index contributed by atoms with van der Waals surface area (Å²) in [6.07, 6.45) is 11.0. The van der Waals surface area contributed by atoms with Gasteiger partial charge in [-0.2, -0.15) is 0 Å². The molecule has 0 unspecified atom stereocenters. The highest BCUT2D eigenvalue weighted by atomic mass is 16.5. The lowest BCUT2D eigenvalue weighted by atomic mass is 9.89. The van der Waals surface area contributed by atoms with Crippen LogP contribution in [0.3, 0.4) is 0 Å². The van der Waals surface area contributed by atoms with Crippen LogP contribution in [-0.4, -0.2) is 30.8 Å². The second-order valence-electron chi connectivity index (χ2n) is 6.56. The Labute approximate surface area is 162 Å². The Hall–Kier alpha value is -2.43. The van der Waals surface area contributed by atoms with Crippen molar-refractivity contribution in [1.29, 1.82) is 0 Å². The molecule has 148 valence electrons. The van der Waals surface area contributed by atoms with Crippen LogP contribution in [0.5, 0.6) is 0 Å². The molecular formula is C22H31NO4. The molecule has 27 heavy (non-hydrogen) atoms. The van der Waals surface area contributed by atoms with Crippen LogP contribution < -0.4 is 5.32 Å². The number of nitrogens with one attached hydrogen (secondary N) is 1. The van der Waals surface area contributed by atoms with Crippen molar-refractivity contribution in [1.82, 2.24) is 5.32 Å². The molecule has 0 aromatic rings. The van der Waals surface area contributed by atoms with Gasteiger partial charge in [-0.3, -0.25) is 14.4 Å². The van der Waals surface area contributed by atoms with E-state index in [0.717, 1.165) is 50.5 Å². The molecule has 1 aliphatic carbocycles. The minimum atomic E-state index is -0.392. The molecule has 1 N–H and O–H groups in total. The number of amides is 1. The minimum absolute atomic E-state index is 0.0458. The molecule has 0 atom stereocenters. The molecule has 0 spiro atoms. The predicted octanol–water partition coefficient (Wildman–Crippen LogP) is 3.96. The maximum atomic E-state index is 12.7. The molecule has 1 saturated carbocycles. The summed E-state index contributed by atoms with van der Waals surface area (Å²) in [4.78, 5) is 37.0. The Morgan fingerprint density at radius 3 is 2.44 bits per heavy atom. The maximum absolute atomic E-state index is 12.7. The predicted molar refractivity (Wildman–Crippen MR) is 107 cm³/mol. The molecule has 1 amide bonds. The fourth-order valence-electron chi connectivity index (χ4n) is 2.94. The van der Waals surface area contributed by atoms with E-state index >= 15 is 0 Å². The number of hydrogen-bond donors (Lipinski definition) is 1. The third kappa shape index (κ3) is 8.20. The molecule has 5 heteroatoms. The largest absolute Gasteiger partial charge is 0.465 e. The van der Waals surface area contributed by atoms with Gasteiger partial charge >= 0.3 is 5.97 Å². The first kappa shape index (κ1) is 22.6. The standard InChI is InChI=1S/C22H31NO4/c1-4-7-14-27-21(25)15-19(18-12-9-8-10-13-18)22(26)23-16-20(24)17(6-3)11-5-2/h5-6,11H,2-4,7-10,12-16H2,1H3,(H,23,26)/b17-11+. The van der Waals surface area contributed by atoms with Gasteiger partial charge in [-0.05, 0) is 32.1 Å². The van der Waals surface area contributed by atoms with Gasteiger partial charge in [-0.15, -0.1) is 0 Å². The number of esters is 1. The lowest BCUT2D eigenvalue weighted by Crippen LogP contribution is -2.32. The number of rotatable bonds is 11. The third-order valence-corrected chi connectivity index (χ3v) is 4.49. The van der Waals surface area contributed by atoms with Crippen LogP contribution in [0, 0.1) is 0 Å². The Bertz CT molecular complexity index is 620. The fourth-order valence-corrected chi connectivity index (χ4v) is 2.94. The van der Waals surface area contributed by atoms with E-state index in [2.05, 4.69) is 18.5 Å². The van der Waals surface area contributed by atoms with Gasteiger partial charge in [0.1, 0.15) is 0 Å². The van der Waals surface area contributed by atoms with Gasteiger partial charge in [0.2, 0.25) is 5.91 Å². The van der Waals surface area contributed by atoms with Gasteiger partial charge in [-0.1, -0.05) is 56.7 Å². The van der Waals surface area contributed by atoms with Crippen molar-refractivity contribution < 1.29 is 19.1 Å². The summed E-state index contributed by atoms with van der Waals surface area (Å²) in [5.41, 5.74) is 1.84. The smallest absolute Gasteiger partial charge is 0.310 e. The molecule has 1 rings (SSSR count). The van der Waals surface area contributed by atoms with E-state index < -0.39 is 5.97 Å². The van der Waals surface area contributed by atoms with Gasteiger partial charge in [0, 0.05) is 11.1 Å². The van der Waals surface area contributed by atoms with Crippen LogP contribution in [0.1, 0.15) is 58.3 Å². The molecule has 0 aliphatic heterocycles. The lowest BCUT2D eigenvalue weighted by molar-refractivity contribution is -0.143. The summed E-state index contributed by atoms with van der Waals surface area (Å²) in [5.74, 6) is -1.01. The Morgan fingerprint density at radius 2 is 1.85 bits per heavy atom. The van der Waals surface area contributed by atoms with Crippen LogP contribution >= 0.6 is 0 Å². The fraction of sp³-hybridized carbons (Fsp3) is 0.500. The number of carbonyl (C=O) groups is 3. The first-order valence-electron chi connectivity index (χ1n) is 9.66. The molecule has 0 radical (unpaired) electrons. The summed E-state index contributed by atoms with van der Waals surface area (Å²) in [6, 6.07) is 0. The topological polar surface area (TPSA) is 72.5 Å². The van der Waals surface area contributed by atoms with E-state index in [4.69, 9.17) is 4.74 Å². The molecular weight excluding hydrogens is 342 g/mol. The molecule has 0 saturated heterocycles. The summed E-state index contributed by atoms with van der Waals surface area (Å²) in [7, 11) is 0. The van der Waals surface area contributed by atoms with Gasteiger partial charge in [0.25, 0.3) is 0 Å². The van der Waals surface area contributed by atoms with Crippen LogP contribution in [-0.2, 0) is 19.1 Å². The zero-order chi connectivity index (χ0) is 20.1. The summed E-state index contributed by atoms with van der Waals surface area (Å²) < 4.78 is 5.21. The number of carbonyl (C=O) groups excluding carboxylic acids is 3. The molecule has 0 bridgehead atoms. The summed E-state index contributed by atoms with van der Waals surface area (Å²) >= 11 is 0. The highest BCUT2D eigenvalue weighted by Crippen LogP contribution is 2.27. The zero-order valence-electron chi connectivity index (χ0n) is 16.4. The van der Waals surface area contributed by atoms with Crippen molar-refractivity contribution in [2.75, 3.05) is 13.2 Å². The molecule has 0 heterocycles. The monoisotopic (exact) mass is 373 g/mol. The number of Topliss-reactive ketones (excluding diaryl/α,β-unsaturated/α-hetero) is 1. The first-order chi connectivity index (χ1) is 13.0. The van der Waals surface area contributed by atoms with Crippen LogP contribution in [0.15, 0.2) is 48.1 Å². The SMILES string of the molecule is C=C/C=C(\C=C)C(=O)CNC(=O)C(CC(=O)OCCCC)=C1CCCCC1. The minimum Gasteiger partial charge on any atom is -0.465 e. The van der Waals surface area contributed by atoms with Crippen molar-refractivity contribution in [3.05, 3.63) is 48.1 Å². The van der Waals surface area contributed by atoms with Crippen LogP contribution in [0.25, 0.3) is 0 Å². The number of allylic oxidation sites excluding steroid dienone is 4. The van der Waals surface area contributed by atoms with Crippen molar-refractivity contribution in [2.24, 2.45) is 0 Å². The van der Waals surface area contributed by atoms with Crippen molar-refractivity contribution in [3.8, 4) is 0 Å². The first-order valence-corrected chi connectivity index (χ1v) is 9.66. The molecule has 1 fully saturated rings. The number of unbranched alkanes of at least 4 members (excludes halogenated alkanes) is 1. The number of ether oxygens (including phenoxy) is 1. The molecule has 0 aromatic carbocycles. The molecule has 0 aromatic heterocycles. The van der Waals surface area contributed by atoms with Gasteiger partial charge < -0.3 is 10.1 Å². The Kier molecular flexibility index (Phi) is 10.8. The van der Waals surface area contributed by atoms with Crippen LogP contribution in [0.4, 0.5) is 0 Å². The van der Waals surface area contributed by atoms with Gasteiger partial charge in [-0.25, -0.2) is 0 Å². The second kappa shape index (κ2) is 12.8. The summed E-state index contributed by atoms with van der Waals surface area (Å²) in [6.45, 7) is 9.39.